The molecule has 9 heteroatoms. The molecule has 0 unspecified atom stereocenters. The molecule has 0 bridgehead atoms. The van der Waals surface area contributed by atoms with Gasteiger partial charge in [0.05, 0.1) is 30.8 Å². The molecule has 7 nitrogen and oxygen atoms in total. The number of carbonyl (C=O) groups excluding carboxylic acids is 1. The monoisotopic (exact) mass is 528 g/mol. The third-order valence-corrected chi connectivity index (χ3v) is 7.92. The standard InChI is InChI=1S/C28H33FN2O5S/c1-18(2)25-16-26(19(3)15-27(25)36-6)20(4)30-28(32)17-31(22-9-7-21(29)8-10-22)37(33,34)24-13-11-23(35-5)12-14-24/h7-16,18,20H,17H2,1-6H3,(H,30,32)/t20-/m1/s1. The fourth-order valence-electron chi connectivity index (χ4n) is 4.10. The van der Waals surface area contributed by atoms with Gasteiger partial charge in [-0.1, -0.05) is 13.8 Å². The molecule has 0 spiro atoms. The van der Waals surface area contributed by atoms with Gasteiger partial charge in [-0.3, -0.25) is 9.10 Å². The van der Waals surface area contributed by atoms with E-state index in [4.69, 9.17) is 9.47 Å². The molecule has 3 aromatic rings. The predicted molar refractivity (Wildman–Crippen MR) is 142 cm³/mol. The third kappa shape index (κ3) is 6.40. The Labute approximate surface area is 218 Å². The molecule has 0 aliphatic heterocycles. The minimum absolute atomic E-state index is 0.0222. The molecule has 0 radical (unpaired) electrons. The van der Waals surface area contributed by atoms with Crippen LogP contribution >= 0.6 is 0 Å². The quantitative estimate of drug-likeness (QED) is 0.384. The summed E-state index contributed by atoms with van der Waals surface area (Å²) in [5.41, 5.74) is 3.03. The molecule has 0 saturated heterocycles. The average Bonchev–Trinajstić information content (AvgIpc) is 2.87. The van der Waals surface area contributed by atoms with E-state index in [0.717, 1.165) is 38.9 Å². The lowest BCUT2D eigenvalue weighted by Gasteiger charge is -2.26. The van der Waals surface area contributed by atoms with Crippen LogP contribution in [0.15, 0.2) is 65.6 Å². The van der Waals surface area contributed by atoms with Crippen LogP contribution in [0.1, 0.15) is 49.4 Å². The summed E-state index contributed by atoms with van der Waals surface area (Å²) in [5, 5.41) is 2.91. The molecule has 1 atom stereocenters. The Bertz CT molecular complexity index is 1340. The van der Waals surface area contributed by atoms with Crippen LogP contribution in [0.5, 0.6) is 11.5 Å². The molecular weight excluding hydrogens is 495 g/mol. The molecule has 198 valence electrons. The van der Waals surface area contributed by atoms with Gasteiger partial charge >= 0.3 is 0 Å². The molecule has 0 fully saturated rings. The van der Waals surface area contributed by atoms with E-state index >= 15 is 0 Å². The number of halogens is 1. The van der Waals surface area contributed by atoms with Gasteiger partial charge in [-0.2, -0.15) is 0 Å². The molecule has 1 amide bonds. The van der Waals surface area contributed by atoms with Gasteiger partial charge in [0.25, 0.3) is 10.0 Å². The number of ether oxygens (including phenoxy) is 2. The van der Waals surface area contributed by atoms with Gasteiger partial charge in [-0.15, -0.1) is 0 Å². The van der Waals surface area contributed by atoms with E-state index < -0.39 is 34.3 Å². The van der Waals surface area contributed by atoms with E-state index in [1.165, 1.54) is 43.5 Å². The van der Waals surface area contributed by atoms with Crippen LogP contribution in [0, 0.1) is 12.7 Å². The van der Waals surface area contributed by atoms with Gasteiger partial charge in [0.2, 0.25) is 5.91 Å². The molecule has 0 heterocycles. The Kier molecular flexibility index (Phi) is 8.81. The molecule has 0 aliphatic carbocycles. The maximum absolute atomic E-state index is 13.6. The summed E-state index contributed by atoms with van der Waals surface area (Å²) >= 11 is 0. The first kappa shape index (κ1) is 28.0. The Morgan fingerprint density at radius 3 is 2.11 bits per heavy atom. The highest BCUT2D eigenvalue weighted by Gasteiger charge is 2.28. The molecule has 0 saturated carbocycles. The van der Waals surface area contributed by atoms with E-state index in [1.807, 2.05) is 26.0 Å². The second-order valence-electron chi connectivity index (χ2n) is 9.06. The largest absolute Gasteiger partial charge is 0.497 e. The summed E-state index contributed by atoms with van der Waals surface area (Å²) in [6.07, 6.45) is 0. The highest BCUT2D eigenvalue weighted by Crippen LogP contribution is 2.32. The maximum atomic E-state index is 13.6. The Morgan fingerprint density at radius 1 is 0.946 bits per heavy atom. The van der Waals surface area contributed by atoms with E-state index in [-0.39, 0.29) is 16.5 Å². The first-order valence-corrected chi connectivity index (χ1v) is 13.3. The number of nitrogens with zero attached hydrogens (tertiary/aromatic N) is 1. The van der Waals surface area contributed by atoms with Gasteiger partial charge in [0.1, 0.15) is 23.9 Å². The summed E-state index contributed by atoms with van der Waals surface area (Å²) in [5.74, 6) is 0.466. The van der Waals surface area contributed by atoms with Crippen LogP contribution in [0.3, 0.4) is 0 Å². The number of carbonyl (C=O) groups is 1. The van der Waals surface area contributed by atoms with Gasteiger partial charge < -0.3 is 14.8 Å². The van der Waals surface area contributed by atoms with E-state index in [2.05, 4.69) is 19.2 Å². The number of benzene rings is 3. The predicted octanol–water partition coefficient (Wildman–Crippen LogP) is 5.35. The van der Waals surface area contributed by atoms with Crippen LogP contribution in [-0.4, -0.2) is 35.1 Å². The van der Waals surface area contributed by atoms with Crippen molar-refractivity contribution in [2.75, 3.05) is 25.1 Å². The zero-order valence-electron chi connectivity index (χ0n) is 21.9. The van der Waals surface area contributed by atoms with Crippen molar-refractivity contribution in [3.05, 3.63) is 83.2 Å². The zero-order chi connectivity index (χ0) is 27.3. The van der Waals surface area contributed by atoms with Crippen molar-refractivity contribution >= 4 is 21.6 Å². The number of rotatable bonds is 10. The van der Waals surface area contributed by atoms with Crippen LogP contribution in [-0.2, 0) is 14.8 Å². The van der Waals surface area contributed by atoms with Gasteiger partial charge in [-0.25, -0.2) is 12.8 Å². The minimum atomic E-state index is -4.14. The second-order valence-corrected chi connectivity index (χ2v) is 10.9. The van der Waals surface area contributed by atoms with Crippen molar-refractivity contribution in [1.29, 1.82) is 0 Å². The fourth-order valence-corrected chi connectivity index (χ4v) is 5.52. The lowest BCUT2D eigenvalue weighted by atomic mass is 9.93. The van der Waals surface area contributed by atoms with Crippen molar-refractivity contribution in [1.82, 2.24) is 5.32 Å². The summed E-state index contributed by atoms with van der Waals surface area (Å²) < 4.78 is 52.3. The topological polar surface area (TPSA) is 84.9 Å². The highest BCUT2D eigenvalue weighted by molar-refractivity contribution is 7.92. The number of sulfonamides is 1. The molecule has 0 aliphatic rings. The minimum Gasteiger partial charge on any atom is -0.497 e. The molecule has 3 rings (SSSR count). The van der Waals surface area contributed by atoms with Crippen molar-refractivity contribution in [2.24, 2.45) is 0 Å². The maximum Gasteiger partial charge on any atom is 0.264 e. The van der Waals surface area contributed by atoms with Gasteiger partial charge in [0, 0.05) is 0 Å². The summed E-state index contributed by atoms with van der Waals surface area (Å²) in [6.45, 7) is 7.41. The van der Waals surface area contributed by atoms with E-state index in [9.17, 15) is 17.6 Å². The Balaban J connectivity index is 1.91. The molecule has 1 N–H and O–H groups in total. The lowest BCUT2D eigenvalue weighted by Crippen LogP contribution is -2.41. The van der Waals surface area contributed by atoms with Gasteiger partial charge in [0.15, 0.2) is 0 Å². The van der Waals surface area contributed by atoms with Crippen LogP contribution in [0.4, 0.5) is 10.1 Å². The molecular formula is C28H33FN2O5S. The third-order valence-electron chi connectivity index (χ3n) is 6.13. The van der Waals surface area contributed by atoms with E-state index in [0.29, 0.717) is 5.75 Å². The fraction of sp³-hybridized carbons (Fsp3) is 0.321. The number of anilines is 1. The van der Waals surface area contributed by atoms with Crippen molar-refractivity contribution < 1.29 is 27.1 Å². The number of nitrogens with one attached hydrogen (secondary N) is 1. The Hall–Kier alpha value is -3.59. The molecule has 0 aromatic heterocycles. The summed E-state index contributed by atoms with van der Waals surface area (Å²) in [6, 6.07) is 14.4. The number of aryl methyl sites for hydroxylation is 1. The SMILES string of the molecule is COc1ccc(S(=O)(=O)N(CC(=O)N[C@H](C)c2cc(C(C)C)c(OC)cc2C)c2ccc(F)cc2)cc1. The zero-order valence-corrected chi connectivity index (χ0v) is 22.7. The first-order chi connectivity index (χ1) is 17.5. The average molecular weight is 529 g/mol. The second kappa shape index (κ2) is 11.6. The van der Waals surface area contributed by atoms with Crippen molar-refractivity contribution in [3.8, 4) is 11.5 Å². The number of hydrogen-bond acceptors (Lipinski definition) is 5. The number of methoxy groups -OCH3 is 2. The van der Waals surface area contributed by atoms with Crippen LogP contribution in [0.2, 0.25) is 0 Å². The van der Waals surface area contributed by atoms with Crippen LogP contribution < -0.4 is 19.1 Å². The first-order valence-electron chi connectivity index (χ1n) is 11.9. The van der Waals surface area contributed by atoms with Crippen molar-refractivity contribution in [3.63, 3.8) is 0 Å². The number of amides is 1. The normalized spacial score (nSPS) is 12.2. The lowest BCUT2D eigenvalue weighted by molar-refractivity contribution is -0.120. The smallest absolute Gasteiger partial charge is 0.264 e. The van der Waals surface area contributed by atoms with Crippen LogP contribution in [0.25, 0.3) is 0 Å². The van der Waals surface area contributed by atoms with E-state index in [1.54, 1.807) is 7.11 Å². The summed E-state index contributed by atoms with van der Waals surface area (Å²) in [7, 11) is -1.04. The Morgan fingerprint density at radius 2 is 1.57 bits per heavy atom. The van der Waals surface area contributed by atoms with Gasteiger partial charge in [-0.05, 0) is 97.1 Å². The molecule has 3 aromatic carbocycles. The highest BCUT2D eigenvalue weighted by atomic mass is 32.2. The molecule has 37 heavy (non-hydrogen) atoms. The number of hydrogen-bond donors (Lipinski definition) is 1. The summed E-state index contributed by atoms with van der Waals surface area (Å²) in [4.78, 5) is 13.2. The van der Waals surface area contributed by atoms with Crippen molar-refractivity contribution in [2.45, 2.75) is 44.6 Å².